The standard InChI is InChI=1S/C19H24N4S/c1-6-14-7-8-16(24-14)15-9-10-20-17(22-15)21-13-11-18(2,3)23-19(4,5)12-13/h1,7-10,13,23H,11-12H2,2-5H3,(H,20,21,22). The van der Waals surface area contributed by atoms with Crippen molar-refractivity contribution in [2.24, 2.45) is 0 Å². The maximum atomic E-state index is 5.46. The molecule has 0 spiro atoms. The first-order chi connectivity index (χ1) is 11.3. The molecular weight excluding hydrogens is 316 g/mol. The van der Waals surface area contributed by atoms with E-state index in [1.807, 2.05) is 18.2 Å². The highest BCUT2D eigenvalue weighted by molar-refractivity contribution is 7.16. The van der Waals surface area contributed by atoms with Crippen molar-refractivity contribution < 1.29 is 0 Å². The molecule has 0 atom stereocenters. The lowest BCUT2D eigenvalue weighted by atomic mass is 9.80. The van der Waals surface area contributed by atoms with Crippen LogP contribution in [0.1, 0.15) is 45.4 Å². The number of rotatable bonds is 3. The summed E-state index contributed by atoms with van der Waals surface area (Å²) in [7, 11) is 0. The summed E-state index contributed by atoms with van der Waals surface area (Å²) in [6.45, 7) is 8.97. The van der Waals surface area contributed by atoms with E-state index in [0.29, 0.717) is 12.0 Å². The number of hydrogen-bond donors (Lipinski definition) is 2. The molecule has 0 unspecified atom stereocenters. The molecule has 5 heteroatoms. The molecule has 24 heavy (non-hydrogen) atoms. The molecule has 126 valence electrons. The van der Waals surface area contributed by atoms with Gasteiger partial charge in [0.2, 0.25) is 5.95 Å². The lowest BCUT2D eigenvalue weighted by Gasteiger charge is -2.46. The van der Waals surface area contributed by atoms with Crippen molar-refractivity contribution in [2.45, 2.75) is 57.7 Å². The molecule has 0 bridgehead atoms. The van der Waals surface area contributed by atoms with Crippen LogP contribution in [-0.2, 0) is 0 Å². The molecule has 0 amide bonds. The van der Waals surface area contributed by atoms with Crippen molar-refractivity contribution in [3.05, 3.63) is 29.3 Å². The zero-order chi connectivity index (χ0) is 17.4. The predicted molar refractivity (Wildman–Crippen MR) is 101 cm³/mol. The second kappa shape index (κ2) is 6.19. The Balaban J connectivity index is 1.78. The van der Waals surface area contributed by atoms with Crippen LogP contribution in [0.3, 0.4) is 0 Å². The molecule has 4 nitrogen and oxygen atoms in total. The molecule has 2 aromatic rings. The van der Waals surface area contributed by atoms with Gasteiger partial charge >= 0.3 is 0 Å². The zero-order valence-electron chi connectivity index (χ0n) is 14.7. The van der Waals surface area contributed by atoms with Crippen molar-refractivity contribution in [3.8, 4) is 22.9 Å². The Morgan fingerprint density at radius 2 is 1.92 bits per heavy atom. The summed E-state index contributed by atoms with van der Waals surface area (Å²) in [6, 6.07) is 6.24. The maximum absolute atomic E-state index is 5.46. The van der Waals surface area contributed by atoms with E-state index >= 15 is 0 Å². The molecule has 1 aliphatic rings. The summed E-state index contributed by atoms with van der Waals surface area (Å²) >= 11 is 1.58. The van der Waals surface area contributed by atoms with Crippen LogP contribution >= 0.6 is 11.3 Å². The Kier molecular flexibility index (Phi) is 4.37. The van der Waals surface area contributed by atoms with Crippen LogP contribution in [0.4, 0.5) is 5.95 Å². The normalized spacial score (nSPS) is 19.6. The van der Waals surface area contributed by atoms with Crippen LogP contribution in [0.15, 0.2) is 24.4 Å². The molecule has 3 rings (SSSR count). The number of nitrogens with zero attached hydrogens (tertiary/aromatic N) is 2. The average molecular weight is 340 g/mol. The Morgan fingerprint density at radius 3 is 2.54 bits per heavy atom. The zero-order valence-corrected chi connectivity index (χ0v) is 15.5. The number of anilines is 1. The second-order valence-electron chi connectivity index (χ2n) is 7.72. The maximum Gasteiger partial charge on any atom is 0.223 e. The van der Waals surface area contributed by atoms with Gasteiger partial charge in [0.15, 0.2) is 0 Å². The van der Waals surface area contributed by atoms with Gasteiger partial charge in [0.05, 0.1) is 15.4 Å². The molecule has 1 fully saturated rings. The van der Waals surface area contributed by atoms with Gasteiger partial charge < -0.3 is 10.6 Å². The Labute approximate surface area is 148 Å². The van der Waals surface area contributed by atoms with E-state index in [1.165, 1.54) is 0 Å². The molecule has 3 heterocycles. The fourth-order valence-corrected chi connectivity index (χ4v) is 4.51. The third-order valence-electron chi connectivity index (χ3n) is 4.18. The number of terminal acetylenes is 1. The predicted octanol–water partition coefficient (Wildman–Crippen LogP) is 3.91. The monoisotopic (exact) mass is 340 g/mol. The van der Waals surface area contributed by atoms with Crippen molar-refractivity contribution in [1.82, 2.24) is 15.3 Å². The summed E-state index contributed by atoms with van der Waals surface area (Å²) in [6.07, 6.45) is 9.32. The molecule has 0 aromatic carbocycles. The van der Waals surface area contributed by atoms with Gasteiger partial charge in [-0.25, -0.2) is 9.97 Å². The van der Waals surface area contributed by atoms with E-state index in [1.54, 1.807) is 17.5 Å². The van der Waals surface area contributed by atoms with E-state index in [4.69, 9.17) is 6.42 Å². The topological polar surface area (TPSA) is 49.8 Å². The smallest absolute Gasteiger partial charge is 0.223 e. The molecular formula is C19H24N4S. The van der Waals surface area contributed by atoms with E-state index in [2.05, 4.69) is 54.2 Å². The average Bonchev–Trinajstić information content (AvgIpc) is 2.93. The van der Waals surface area contributed by atoms with Crippen molar-refractivity contribution in [2.75, 3.05) is 5.32 Å². The van der Waals surface area contributed by atoms with Crippen LogP contribution in [-0.4, -0.2) is 27.1 Å². The summed E-state index contributed by atoms with van der Waals surface area (Å²) in [5.41, 5.74) is 1.09. The summed E-state index contributed by atoms with van der Waals surface area (Å²) < 4.78 is 0. The van der Waals surface area contributed by atoms with Gasteiger partial charge in [0, 0.05) is 23.3 Å². The molecule has 0 saturated carbocycles. The van der Waals surface area contributed by atoms with E-state index in [0.717, 1.165) is 28.3 Å². The highest BCUT2D eigenvalue weighted by Gasteiger charge is 2.37. The van der Waals surface area contributed by atoms with Gasteiger partial charge in [-0.1, -0.05) is 5.92 Å². The number of hydrogen-bond acceptors (Lipinski definition) is 5. The second-order valence-corrected chi connectivity index (χ2v) is 8.80. The highest BCUT2D eigenvalue weighted by Crippen LogP contribution is 2.31. The van der Waals surface area contributed by atoms with Gasteiger partial charge in [-0.2, -0.15) is 0 Å². The van der Waals surface area contributed by atoms with Gasteiger partial charge in [0.25, 0.3) is 0 Å². The lowest BCUT2D eigenvalue weighted by Crippen LogP contribution is -2.60. The van der Waals surface area contributed by atoms with Gasteiger partial charge in [-0.3, -0.25) is 0 Å². The third-order valence-corrected chi connectivity index (χ3v) is 5.22. The third kappa shape index (κ3) is 3.95. The minimum Gasteiger partial charge on any atom is -0.351 e. The van der Waals surface area contributed by atoms with E-state index in [-0.39, 0.29) is 11.1 Å². The fraction of sp³-hybridized carbons (Fsp3) is 0.474. The first-order valence-electron chi connectivity index (χ1n) is 8.22. The van der Waals surface area contributed by atoms with E-state index in [9.17, 15) is 0 Å². The first-order valence-corrected chi connectivity index (χ1v) is 9.04. The van der Waals surface area contributed by atoms with Gasteiger partial charge in [0.1, 0.15) is 0 Å². The molecule has 0 radical (unpaired) electrons. The van der Waals surface area contributed by atoms with Crippen LogP contribution in [0.25, 0.3) is 10.6 Å². The Morgan fingerprint density at radius 1 is 1.21 bits per heavy atom. The van der Waals surface area contributed by atoms with Crippen molar-refractivity contribution in [3.63, 3.8) is 0 Å². The Hall–Kier alpha value is -1.90. The minimum absolute atomic E-state index is 0.0898. The van der Waals surface area contributed by atoms with Gasteiger partial charge in [-0.15, -0.1) is 17.8 Å². The molecule has 1 aliphatic heterocycles. The van der Waals surface area contributed by atoms with E-state index < -0.39 is 0 Å². The van der Waals surface area contributed by atoms with Crippen molar-refractivity contribution >= 4 is 17.3 Å². The van der Waals surface area contributed by atoms with Gasteiger partial charge in [-0.05, 0) is 58.7 Å². The highest BCUT2D eigenvalue weighted by atomic mass is 32.1. The van der Waals surface area contributed by atoms with Crippen LogP contribution in [0, 0.1) is 12.3 Å². The van der Waals surface area contributed by atoms with Crippen molar-refractivity contribution in [1.29, 1.82) is 0 Å². The number of piperidine rings is 1. The van der Waals surface area contributed by atoms with Crippen LogP contribution < -0.4 is 10.6 Å². The summed E-state index contributed by atoms with van der Waals surface area (Å²) in [5.74, 6) is 3.35. The fourth-order valence-electron chi connectivity index (χ4n) is 3.73. The SMILES string of the molecule is C#Cc1ccc(-c2ccnc(NC3CC(C)(C)NC(C)(C)C3)n2)s1. The molecule has 0 aliphatic carbocycles. The quantitative estimate of drug-likeness (QED) is 0.832. The number of nitrogens with one attached hydrogen (secondary N) is 2. The number of thiophene rings is 1. The largest absolute Gasteiger partial charge is 0.351 e. The number of aromatic nitrogens is 2. The Bertz CT molecular complexity index is 754. The molecule has 1 saturated heterocycles. The molecule has 2 N–H and O–H groups in total. The van der Waals surface area contributed by atoms with Crippen LogP contribution in [0.5, 0.6) is 0 Å². The summed E-state index contributed by atoms with van der Waals surface area (Å²) in [5, 5.41) is 7.22. The summed E-state index contributed by atoms with van der Waals surface area (Å²) in [4.78, 5) is 11.1. The lowest BCUT2D eigenvalue weighted by molar-refractivity contribution is 0.170. The minimum atomic E-state index is 0.0898. The van der Waals surface area contributed by atoms with Crippen LogP contribution in [0.2, 0.25) is 0 Å². The molecule has 2 aromatic heterocycles. The first kappa shape index (κ1) is 16.9.